The van der Waals surface area contributed by atoms with E-state index in [-0.39, 0.29) is 23.5 Å². The van der Waals surface area contributed by atoms with Crippen molar-refractivity contribution in [2.75, 3.05) is 39.5 Å². The van der Waals surface area contributed by atoms with Crippen LogP contribution in [0.4, 0.5) is 0 Å². The summed E-state index contributed by atoms with van der Waals surface area (Å²) in [6, 6.07) is 21.1. The lowest BCUT2D eigenvalue weighted by Crippen LogP contribution is -2.40. The molecule has 1 saturated heterocycles. The van der Waals surface area contributed by atoms with Gasteiger partial charge in [0.2, 0.25) is 10.0 Å². The first-order chi connectivity index (χ1) is 20.0. The lowest BCUT2D eigenvalue weighted by atomic mass is 10.1. The first kappa shape index (κ1) is 26.7. The lowest BCUT2D eigenvalue weighted by Gasteiger charge is -2.26. The summed E-state index contributed by atoms with van der Waals surface area (Å²) in [7, 11) is -3.74. The van der Waals surface area contributed by atoms with Crippen LogP contribution in [-0.2, 0) is 14.8 Å². The highest BCUT2D eigenvalue weighted by atomic mass is 32.2. The van der Waals surface area contributed by atoms with Crippen LogP contribution in [0.5, 0.6) is 11.5 Å². The summed E-state index contributed by atoms with van der Waals surface area (Å²) in [6.45, 7) is 2.17. The van der Waals surface area contributed by atoms with E-state index in [0.29, 0.717) is 49.2 Å². The van der Waals surface area contributed by atoms with Crippen molar-refractivity contribution in [1.82, 2.24) is 19.5 Å². The topological polar surface area (TPSA) is 124 Å². The molecule has 1 amide bonds. The van der Waals surface area contributed by atoms with Gasteiger partial charge in [-0.05, 0) is 48.5 Å². The molecule has 12 heteroatoms. The first-order valence-corrected chi connectivity index (χ1v) is 14.5. The Kier molecular flexibility index (Phi) is 7.51. The van der Waals surface area contributed by atoms with Gasteiger partial charge in [-0.1, -0.05) is 24.3 Å². The molecule has 6 rings (SSSR count). The minimum Gasteiger partial charge on any atom is -0.486 e. The van der Waals surface area contributed by atoms with Crippen LogP contribution in [-0.4, -0.2) is 74.1 Å². The van der Waals surface area contributed by atoms with Crippen molar-refractivity contribution in [1.29, 1.82) is 0 Å². The minimum absolute atomic E-state index is 0.0426. The zero-order valence-corrected chi connectivity index (χ0v) is 22.8. The number of hydrogen-bond donors (Lipinski definition) is 1. The van der Waals surface area contributed by atoms with E-state index in [1.165, 1.54) is 34.8 Å². The molecular formula is C29H27N5O6S. The molecule has 3 heterocycles. The molecule has 0 atom stereocenters. The number of ether oxygens (including phenoxy) is 3. The summed E-state index contributed by atoms with van der Waals surface area (Å²) in [5.41, 5.74) is 5.59. The second kappa shape index (κ2) is 11.5. The van der Waals surface area contributed by atoms with Crippen LogP contribution in [0.2, 0.25) is 0 Å². The third kappa shape index (κ3) is 5.71. The van der Waals surface area contributed by atoms with E-state index in [2.05, 4.69) is 10.5 Å². The summed E-state index contributed by atoms with van der Waals surface area (Å²) in [4.78, 5) is 13.0. The third-order valence-corrected chi connectivity index (χ3v) is 8.55. The maximum absolute atomic E-state index is 13.0. The van der Waals surface area contributed by atoms with Crippen molar-refractivity contribution in [3.63, 3.8) is 0 Å². The maximum Gasteiger partial charge on any atom is 0.271 e. The molecule has 0 saturated carbocycles. The van der Waals surface area contributed by atoms with E-state index in [0.717, 1.165) is 11.3 Å². The van der Waals surface area contributed by atoms with Crippen LogP contribution in [0.15, 0.2) is 89.0 Å². The monoisotopic (exact) mass is 573 g/mol. The highest BCUT2D eigenvalue weighted by Gasteiger charge is 2.27. The Bertz CT molecular complexity index is 1700. The molecule has 1 aromatic heterocycles. The molecule has 4 aromatic rings. The highest BCUT2D eigenvalue weighted by molar-refractivity contribution is 7.89. The van der Waals surface area contributed by atoms with Crippen molar-refractivity contribution in [2.45, 2.75) is 4.90 Å². The van der Waals surface area contributed by atoms with Gasteiger partial charge in [0.25, 0.3) is 5.91 Å². The SMILES string of the molecule is O=C(N/N=C/c1cn(-c2ccccc2)nc1-c1ccc2c(c1)OCCO2)c1cccc(S(=O)(=O)N2CCOCC2)c1. The molecule has 11 nitrogen and oxygen atoms in total. The number of para-hydroxylation sites is 1. The standard InChI is InChI=1S/C29H27N5O6S/c35-29(22-5-4-8-25(17-22)41(36,37)33-11-13-38-14-12-33)31-30-19-23-20-34(24-6-2-1-3-7-24)32-28(23)21-9-10-26-27(18-21)40-16-15-39-26/h1-10,17-20H,11-16H2,(H,31,35)/b30-19+. The zero-order valence-electron chi connectivity index (χ0n) is 22.0. The average molecular weight is 574 g/mol. The van der Waals surface area contributed by atoms with Gasteiger partial charge in [0.15, 0.2) is 11.5 Å². The Morgan fingerprint density at radius 3 is 2.49 bits per heavy atom. The largest absolute Gasteiger partial charge is 0.486 e. The van der Waals surface area contributed by atoms with Gasteiger partial charge < -0.3 is 14.2 Å². The van der Waals surface area contributed by atoms with Gasteiger partial charge in [0, 0.05) is 36.0 Å². The predicted molar refractivity (Wildman–Crippen MR) is 151 cm³/mol. The van der Waals surface area contributed by atoms with Crippen LogP contribution in [0.1, 0.15) is 15.9 Å². The number of sulfonamides is 1. The summed E-state index contributed by atoms with van der Waals surface area (Å²) in [5.74, 6) is 0.755. The number of hydrogen-bond acceptors (Lipinski definition) is 8. The Morgan fingerprint density at radius 2 is 1.68 bits per heavy atom. The Morgan fingerprint density at radius 1 is 0.902 bits per heavy atom. The number of rotatable bonds is 7. The Hall–Kier alpha value is -4.52. The number of fused-ring (bicyclic) bond motifs is 1. The predicted octanol–water partition coefficient (Wildman–Crippen LogP) is 3.10. The second-order valence-corrected chi connectivity index (χ2v) is 11.3. The van der Waals surface area contributed by atoms with Crippen LogP contribution < -0.4 is 14.9 Å². The van der Waals surface area contributed by atoms with Gasteiger partial charge in [0.1, 0.15) is 18.9 Å². The maximum atomic E-state index is 13.0. The van der Waals surface area contributed by atoms with E-state index in [1.807, 2.05) is 54.7 Å². The number of nitrogens with one attached hydrogen (secondary N) is 1. The molecule has 0 unspecified atom stereocenters. The van der Waals surface area contributed by atoms with Crippen LogP contribution in [0.3, 0.4) is 0 Å². The van der Waals surface area contributed by atoms with Gasteiger partial charge in [-0.15, -0.1) is 0 Å². The molecule has 0 spiro atoms. The fraction of sp³-hybridized carbons (Fsp3) is 0.207. The average Bonchev–Trinajstić information content (AvgIpc) is 3.46. The number of hydrazone groups is 1. The van der Waals surface area contributed by atoms with Crippen molar-refractivity contribution >= 4 is 22.1 Å². The Labute approximate surface area is 237 Å². The van der Waals surface area contributed by atoms with Crippen molar-refractivity contribution in [2.24, 2.45) is 5.10 Å². The van der Waals surface area contributed by atoms with Crippen molar-refractivity contribution < 1.29 is 27.4 Å². The normalized spacial score (nSPS) is 15.6. The molecule has 41 heavy (non-hydrogen) atoms. The quantitative estimate of drug-likeness (QED) is 0.266. The van der Waals surface area contributed by atoms with Gasteiger partial charge in [0.05, 0.1) is 30.0 Å². The number of amides is 1. The Balaban J connectivity index is 1.25. The van der Waals surface area contributed by atoms with Gasteiger partial charge in [-0.25, -0.2) is 18.5 Å². The second-order valence-electron chi connectivity index (χ2n) is 9.32. The van der Waals surface area contributed by atoms with Gasteiger partial charge >= 0.3 is 0 Å². The fourth-order valence-electron chi connectivity index (χ4n) is 4.57. The van der Waals surface area contributed by atoms with E-state index < -0.39 is 15.9 Å². The zero-order chi connectivity index (χ0) is 28.2. The van der Waals surface area contributed by atoms with Crippen molar-refractivity contribution in [3.05, 3.63) is 90.1 Å². The number of benzene rings is 3. The molecule has 3 aromatic carbocycles. The van der Waals surface area contributed by atoms with Crippen LogP contribution in [0.25, 0.3) is 16.9 Å². The molecule has 1 N–H and O–H groups in total. The van der Waals surface area contributed by atoms with Gasteiger partial charge in [-0.3, -0.25) is 4.79 Å². The van der Waals surface area contributed by atoms with Gasteiger partial charge in [-0.2, -0.15) is 14.5 Å². The smallest absolute Gasteiger partial charge is 0.271 e. The number of nitrogens with zero attached hydrogens (tertiary/aromatic N) is 4. The minimum atomic E-state index is -3.74. The van der Waals surface area contributed by atoms with E-state index in [4.69, 9.17) is 19.3 Å². The summed E-state index contributed by atoms with van der Waals surface area (Å²) < 4.78 is 45.8. The molecule has 0 bridgehead atoms. The molecular weight excluding hydrogens is 546 g/mol. The highest BCUT2D eigenvalue weighted by Crippen LogP contribution is 2.35. The van der Waals surface area contributed by atoms with E-state index in [1.54, 1.807) is 4.68 Å². The lowest BCUT2D eigenvalue weighted by molar-refractivity contribution is 0.0730. The molecule has 1 fully saturated rings. The van der Waals surface area contributed by atoms with Crippen molar-refractivity contribution in [3.8, 4) is 28.4 Å². The molecule has 2 aliphatic heterocycles. The molecule has 0 radical (unpaired) electrons. The summed E-state index contributed by atoms with van der Waals surface area (Å²) >= 11 is 0. The fourth-order valence-corrected chi connectivity index (χ4v) is 6.02. The number of carbonyl (C=O) groups is 1. The molecule has 2 aliphatic rings. The van der Waals surface area contributed by atoms with E-state index in [9.17, 15) is 13.2 Å². The van der Waals surface area contributed by atoms with E-state index >= 15 is 0 Å². The van der Waals surface area contributed by atoms with Crippen LogP contribution in [0, 0.1) is 0 Å². The molecule has 0 aliphatic carbocycles. The number of aromatic nitrogens is 2. The third-order valence-electron chi connectivity index (χ3n) is 6.65. The molecule has 210 valence electrons. The summed E-state index contributed by atoms with van der Waals surface area (Å²) in [5, 5.41) is 8.94. The summed E-state index contributed by atoms with van der Waals surface area (Å²) in [6.07, 6.45) is 3.32. The number of morpholine rings is 1. The van der Waals surface area contributed by atoms with Crippen LogP contribution >= 0.6 is 0 Å². The first-order valence-electron chi connectivity index (χ1n) is 13.1. The number of carbonyl (C=O) groups excluding carboxylic acids is 1.